The molecule has 0 radical (unpaired) electrons. The molecule has 1 saturated heterocycles. The summed E-state index contributed by atoms with van der Waals surface area (Å²) in [5.41, 5.74) is 1.86. The summed E-state index contributed by atoms with van der Waals surface area (Å²) in [4.78, 5) is 18.0. The number of halogens is 1. The number of piperidine rings is 1. The number of imidazole rings is 1. The van der Waals surface area contributed by atoms with Crippen LogP contribution in [0.15, 0.2) is 18.2 Å². The monoisotopic (exact) mass is 307 g/mol. The number of aromatic nitrogens is 2. The van der Waals surface area contributed by atoms with Gasteiger partial charge in [-0.05, 0) is 37.6 Å². The Hall–Kier alpha value is -1.59. The molecule has 1 atom stereocenters. The van der Waals surface area contributed by atoms with E-state index in [2.05, 4.69) is 4.98 Å². The summed E-state index contributed by atoms with van der Waals surface area (Å²) in [5, 5.41) is 10.0. The van der Waals surface area contributed by atoms with E-state index in [4.69, 9.17) is 11.6 Å². The maximum atomic E-state index is 11.4. The number of carboxylic acids is 1. The van der Waals surface area contributed by atoms with Crippen LogP contribution in [0.5, 0.6) is 0 Å². The predicted molar refractivity (Wildman–Crippen MR) is 81.4 cm³/mol. The van der Waals surface area contributed by atoms with Crippen molar-refractivity contribution in [2.75, 3.05) is 6.54 Å². The normalized spacial score (nSPS) is 20.0. The average Bonchev–Trinajstić information content (AvgIpc) is 2.75. The summed E-state index contributed by atoms with van der Waals surface area (Å²) in [5.74, 6) is 0.136. The Bertz CT molecular complexity index is 683. The van der Waals surface area contributed by atoms with Crippen molar-refractivity contribution in [2.24, 2.45) is 7.05 Å². The fraction of sp³-hybridized carbons (Fsp3) is 0.467. The van der Waals surface area contributed by atoms with Gasteiger partial charge in [0.25, 0.3) is 0 Å². The number of benzene rings is 1. The van der Waals surface area contributed by atoms with Crippen LogP contribution in [0, 0.1) is 0 Å². The van der Waals surface area contributed by atoms with Crippen LogP contribution in [0.2, 0.25) is 5.02 Å². The van der Waals surface area contributed by atoms with Crippen LogP contribution >= 0.6 is 11.6 Å². The van der Waals surface area contributed by atoms with Crippen molar-refractivity contribution >= 4 is 28.6 Å². The van der Waals surface area contributed by atoms with E-state index in [9.17, 15) is 9.90 Å². The third kappa shape index (κ3) is 2.76. The Morgan fingerprint density at radius 2 is 2.29 bits per heavy atom. The van der Waals surface area contributed by atoms with Gasteiger partial charge in [0.1, 0.15) is 11.9 Å². The molecule has 0 aliphatic carbocycles. The van der Waals surface area contributed by atoms with Gasteiger partial charge in [-0.25, -0.2) is 4.98 Å². The van der Waals surface area contributed by atoms with E-state index in [-0.39, 0.29) is 0 Å². The average molecular weight is 308 g/mol. The first-order chi connectivity index (χ1) is 10.1. The topological polar surface area (TPSA) is 58.4 Å². The van der Waals surface area contributed by atoms with E-state index < -0.39 is 12.0 Å². The molecule has 0 saturated carbocycles. The van der Waals surface area contributed by atoms with E-state index in [0.717, 1.165) is 36.2 Å². The second-order valence-corrected chi connectivity index (χ2v) is 5.98. The first-order valence-electron chi connectivity index (χ1n) is 7.14. The Morgan fingerprint density at radius 3 is 3.05 bits per heavy atom. The van der Waals surface area contributed by atoms with Gasteiger partial charge in [0.15, 0.2) is 0 Å². The highest BCUT2D eigenvalue weighted by Crippen LogP contribution is 2.23. The number of aryl methyl sites for hydroxylation is 1. The number of hydrogen-bond acceptors (Lipinski definition) is 3. The lowest BCUT2D eigenvalue weighted by molar-refractivity contribution is -0.144. The van der Waals surface area contributed by atoms with Crippen LogP contribution < -0.4 is 0 Å². The SMILES string of the molecule is Cn1c(CN2CCCC[C@@H]2C(=O)O)nc2cc(Cl)ccc21. The highest BCUT2D eigenvalue weighted by molar-refractivity contribution is 6.31. The molecule has 1 N–H and O–H groups in total. The quantitative estimate of drug-likeness (QED) is 0.947. The molecule has 1 aromatic carbocycles. The van der Waals surface area contributed by atoms with Crippen molar-refractivity contribution in [3.63, 3.8) is 0 Å². The molecule has 1 fully saturated rings. The van der Waals surface area contributed by atoms with Crippen molar-refractivity contribution < 1.29 is 9.90 Å². The van der Waals surface area contributed by atoms with Gasteiger partial charge < -0.3 is 9.67 Å². The molecule has 6 heteroatoms. The van der Waals surface area contributed by atoms with E-state index in [1.807, 2.05) is 34.7 Å². The van der Waals surface area contributed by atoms with E-state index >= 15 is 0 Å². The van der Waals surface area contributed by atoms with E-state index in [1.165, 1.54) is 0 Å². The first kappa shape index (κ1) is 14.4. The van der Waals surface area contributed by atoms with E-state index in [0.29, 0.717) is 18.0 Å². The number of carboxylic acid groups (broad SMARTS) is 1. The Kier molecular flexibility index (Phi) is 3.87. The van der Waals surface area contributed by atoms with Gasteiger partial charge in [-0.3, -0.25) is 9.69 Å². The zero-order valence-corrected chi connectivity index (χ0v) is 12.7. The zero-order chi connectivity index (χ0) is 15.0. The van der Waals surface area contributed by atoms with Crippen molar-refractivity contribution in [3.05, 3.63) is 29.0 Å². The number of aliphatic carboxylic acids is 1. The minimum atomic E-state index is -0.739. The fourth-order valence-corrected chi connectivity index (χ4v) is 3.17. The van der Waals surface area contributed by atoms with Crippen LogP contribution in [0.3, 0.4) is 0 Å². The van der Waals surface area contributed by atoms with Gasteiger partial charge in [0.05, 0.1) is 17.6 Å². The number of rotatable bonds is 3. The Labute approximate surface area is 128 Å². The minimum Gasteiger partial charge on any atom is -0.480 e. The lowest BCUT2D eigenvalue weighted by Gasteiger charge is -2.32. The predicted octanol–water partition coefficient (Wildman–Crippen LogP) is 2.67. The standard InChI is InChI=1S/C15H18ClN3O2/c1-18-12-6-5-10(16)8-11(12)17-14(18)9-19-7-3-2-4-13(19)15(20)21/h5-6,8,13H,2-4,7,9H2,1H3,(H,20,21)/t13-/m1/s1. The zero-order valence-electron chi connectivity index (χ0n) is 11.9. The molecule has 2 heterocycles. The molecular weight excluding hydrogens is 290 g/mol. The number of likely N-dealkylation sites (tertiary alicyclic amines) is 1. The van der Waals surface area contributed by atoms with Crippen molar-refractivity contribution in [1.29, 1.82) is 0 Å². The number of carbonyl (C=O) groups is 1. The van der Waals surface area contributed by atoms with Crippen LogP contribution in [0.4, 0.5) is 0 Å². The summed E-state index contributed by atoms with van der Waals surface area (Å²) in [7, 11) is 1.96. The van der Waals surface area contributed by atoms with Crippen LogP contribution in [0.25, 0.3) is 11.0 Å². The van der Waals surface area contributed by atoms with E-state index in [1.54, 1.807) is 0 Å². The molecule has 112 valence electrons. The molecule has 5 nitrogen and oxygen atoms in total. The maximum Gasteiger partial charge on any atom is 0.320 e. The summed E-state index contributed by atoms with van der Waals surface area (Å²) < 4.78 is 2.01. The minimum absolute atomic E-state index is 0.401. The molecule has 21 heavy (non-hydrogen) atoms. The van der Waals surface area contributed by atoms with Crippen molar-refractivity contribution in [2.45, 2.75) is 31.8 Å². The summed E-state index contributed by atoms with van der Waals surface area (Å²) in [6, 6.07) is 5.22. The summed E-state index contributed by atoms with van der Waals surface area (Å²) >= 11 is 6.00. The van der Waals surface area contributed by atoms with Crippen molar-refractivity contribution in [1.82, 2.24) is 14.5 Å². The summed E-state index contributed by atoms with van der Waals surface area (Å²) in [6.07, 6.45) is 2.73. The van der Waals surface area contributed by atoms with Crippen LogP contribution in [-0.2, 0) is 18.4 Å². The molecule has 3 rings (SSSR count). The highest BCUT2D eigenvalue weighted by Gasteiger charge is 2.29. The number of fused-ring (bicyclic) bond motifs is 1. The molecule has 0 amide bonds. The largest absolute Gasteiger partial charge is 0.480 e. The maximum absolute atomic E-state index is 11.4. The molecule has 1 aliphatic heterocycles. The van der Waals surface area contributed by atoms with Gasteiger partial charge in [0.2, 0.25) is 0 Å². The highest BCUT2D eigenvalue weighted by atomic mass is 35.5. The number of hydrogen-bond donors (Lipinski definition) is 1. The van der Waals surface area contributed by atoms with Crippen molar-refractivity contribution in [3.8, 4) is 0 Å². The molecule has 0 spiro atoms. The number of nitrogens with zero attached hydrogens (tertiary/aromatic N) is 3. The lowest BCUT2D eigenvalue weighted by Crippen LogP contribution is -2.44. The second kappa shape index (κ2) is 5.66. The van der Waals surface area contributed by atoms with Gasteiger partial charge in [-0.2, -0.15) is 0 Å². The van der Waals surface area contributed by atoms with Gasteiger partial charge in [-0.15, -0.1) is 0 Å². The fourth-order valence-electron chi connectivity index (χ4n) is 3.01. The molecular formula is C15H18ClN3O2. The molecule has 0 bridgehead atoms. The second-order valence-electron chi connectivity index (χ2n) is 5.54. The lowest BCUT2D eigenvalue weighted by atomic mass is 10.0. The Balaban J connectivity index is 1.90. The Morgan fingerprint density at radius 1 is 1.48 bits per heavy atom. The molecule has 2 aromatic rings. The summed E-state index contributed by atoms with van der Waals surface area (Å²) in [6.45, 7) is 1.36. The third-order valence-corrected chi connectivity index (χ3v) is 4.41. The van der Waals surface area contributed by atoms with Gasteiger partial charge in [0, 0.05) is 12.1 Å². The van der Waals surface area contributed by atoms with Gasteiger partial charge >= 0.3 is 5.97 Å². The molecule has 1 aromatic heterocycles. The van der Waals surface area contributed by atoms with Crippen LogP contribution in [0.1, 0.15) is 25.1 Å². The molecule has 0 unspecified atom stereocenters. The first-order valence-corrected chi connectivity index (χ1v) is 7.52. The van der Waals surface area contributed by atoms with Crippen LogP contribution in [-0.4, -0.2) is 38.1 Å². The van der Waals surface area contributed by atoms with Gasteiger partial charge in [-0.1, -0.05) is 18.0 Å². The smallest absolute Gasteiger partial charge is 0.320 e. The molecule has 1 aliphatic rings. The third-order valence-electron chi connectivity index (χ3n) is 4.18.